The van der Waals surface area contributed by atoms with Gasteiger partial charge in [0, 0.05) is 44.3 Å². The van der Waals surface area contributed by atoms with Crippen LogP contribution in [0.1, 0.15) is 18.0 Å². The van der Waals surface area contributed by atoms with Crippen molar-refractivity contribution in [2.75, 3.05) is 32.8 Å². The van der Waals surface area contributed by atoms with Crippen LogP contribution in [-0.2, 0) is 16.1 Å². The molecule has 5 heteroatoms. The van der Waals surface area contributed by atoms with Crippen molar-refractivity contribution in [2.45, 2.75) is 19.0 Å². The van der Waals surface area contributed by atoms with E-state index in [1.807, 2.05) is 18.2 Å². The van der Waals surface area contributed by atoms with Gasteiger partial charge >= 0.3 is 0 Å². The van der Waals surface area contributed by atoms with Gasteiger partial charge in [0.15, 0.2) is 0 Å². The van der Waals surface area contributed by atoms with Crippen molar-refractivity contribution in [3.05, 3.63) is 72.4 Å². The van der Waals surface area contributed by atoms with Crippen LogP contribution in [0.3, 0.4) is 0 Å². The molecule has 3 aromatic rings. The fraction of sp³-hybridized carbons (Fsp3) is 0.348. The monoisotopic (exact) mass is 377 g/mol. The van der Waals surface area contributed by atoms with Crippen LogP contribution in [0.15, 0.2) is 66.9 Å². The number of para-hydroxylation sites is 1. The molecule has 1 fully saturated rings. The number of hydrogen-bond donors (Lipinski definition) is 1. The Morgan fingerprint density at radius 3 is 2.57 bits per heavy atom. The Morgan fingerprint density at radius 1 is 1.00 bits per heavy atom. The molecular formula is C23H27N3O2. The van der Waals surface area contributed by atoms with Gasteiger partial charge in [-0.15, -0.1) is 0 Å². The number of aryl methyl sites for hydroxylation is 1. The Morgan fingerprint density at radius 2 is 1.75 bits per heavy atom. The highest BCUT2D eigenvalue weighted by Gasteiger charge is 2.23. The molecule has 2 aromatic carbocycles. The molecule has 146 valence electrons. The van der Waals surface area contributed by atoms with Gasteiger partial charge in [0.05, 0.1) is 19.3 Å². The third-order valence-electron chi connectivity index (χ3n) is 5.42. The van der Waals surface area contributed by atoms with E-state index in [0.29, 0.717) is 19.5 Å². The SMILES string of the molecule is O=C(CCn1ccc2ccccc21)NCC(c1ccccc1)N1CCOCC1. The molecule has 1 N–H and O–H groups in total. The lowest BCUT2D eigenvalue weighted by Gasteiger charge is -2.35. The predicted octanol–water partition coefficient (Wildman–Crippen LogP) is 3.22. The highest BCUT2D eigenvalue weighted by atomic mass is 16.5. The summed E-state index contributed by atoms with van der Waals surface area (Å²) in [6, 6.07) is 21.0. The molecule has 5 nitrogen and oxygen atoms in total. The number of carbonyl (C=O) groups excluding carboxylic acids is 1. The lowest BCUT2D eigenvalue weighted by atomic mass is 10.0. The molecule has 0 radical (unpaired) electrons. The zero-order chi connectivity index (χ0) is 19.2. The third kappa shape index (κ3) is 4.43. The van der Waals surface area contributed by atoms with Crippen LogP contribution in [-0.4, -0.2) is 48.2 Å². The van der Waals surface area contributed by atoms with E-state index in [1.54, 1.807) is 0 Å². The van der Waals surface area contributed by atoms with Crippen molar-refractivity contribution in [3.63, 3.8) is 0 Å². The van der Waals surface area contributed by atoms with E-state index >= 15 is 0 Å². The minimum atomic E-state index is 0.0898. The molecule has 0 saturated carbocycles. The summed E-state index contributed by atoms with van der Waals surface area (Å²) < 4.78 is 7.64. The topological polar surface area (TPSA) is 46.5 Å². The summed E-state index contributed by atoms with van der Waals surface area (Å²) in [5, 5.41) is 4.36. The average molecular weight is 377 g/mol. The van der Waals surface area contributed by atoms with Crippen molar-refractivity contribution in [3.8, 4) is 0 Å². The quantitative estimate of drug-likeness (QED) is 0.688. The normalized spacial score (nSPS) is 16.1. The lowest BCUT2D eigenvalue weighted by Crippen LogP contribution is -2.43. The second kappa shape index (κ2) is 9.04. The van der Waals surface area contributed by atoms with Crippen molar-refractivity contribution in [1.82, 2.24) is 14.8 Å². The van der Waals surface area contributed by atoms with Crippen LogP contribution in [0.5, 0.6) is 0 Å². The van der Waals surface area contributed by atoms with E-state index < -0.39 is 0 Å². The second-order valence-corrected chi connectivity index (χ2v) is 7.20. The summed E-state index contributed by atoms with van der Waals surface area (Å²) >= 11 is 0. The number of morpholine rings is 1. The van der Waals surface area contributed by atoms with Gasteiger partial charge < -0.3 is 14.6 Å². The minimum Gasteiger partial charge on any atom is -0.379 e. The largest absolute Gasteiger partial charge is 0.379 e. The van der Waals surface area contributed by atoms with Gasteiger partial charge in [-0.25, -0.2) is 0 Å². The second-order valence-electron chi connectivity index (χ2n) is 7.20. The Labute approximate surface area is 165 Å². The van der Waals surface area contributed by atoms with E-state index in [9.17, 15) is 4.79 Å². The fourth-order valence-corrected chi connectivity index (χ4v) is 3.88. The Hall–Kier alpha value is -2.63. The molecule has 28 heavy (non-hydrogen) atoms. The van der Waals surface area contributed by atoms with Crippen molar-refractivity contribution in [2.24, 2.45) is 0 Å². The summed E-state index contributed by atoms with van der Waals surface area (Å²) in [6.45, 7) is 4.59. The number of amides is 1. The molecule has 4 rings (SSSR count). The van der Waals surface area contributed by atoms with Gasteiger partial charge in [-0.3, -0.25) is 9.69 Å². The standard InChI is InChI=1S/C23H27N3O2/c27-23(11-13-25-12-10-20-8-4-5-9-21(20)25)24-18-22(19-6-2-1-3-7-19)26-14-16-28-17-15-26/h1-10,12,22H,11,13-18H2,(H,24,27). The molecular weight excluding hydrogens is 350 g/mol. The molecule has 0 aliphatic carbocycles. The summed E-state index contributed by atoms with van der Waals surface area (Å²) in [5.74, 6) is 0.0898. The molecule has 1 unspecified atom stereocenters. The number of ether oxygens (including phenoxy) is 1. The summed E-state index contributed by atoms with van der Waals surface area (Å²) in [4.78, 5) is 14.9. The number of fused-ring (bicyclic) bond motifs is 1. The van der Waals surface area contributed by atoms with Crippen LogP contribution < -0.4 is 5.32 Å². The first-order chi connectivity index (χ1) is 13.8. The van der Waals surface area contributed by atoms with E-state index in [0.717, 1.165) is 26.3 Å². The zero-order valence-electron chi connectivity index (χ0n) is 16.1. The maximum absolute atomic E-state index is 12.5. The molecule has 1 aliphatic rings. The minimum absolute atomic E-state index is 0.0898. The van der Waals surface area contributed by atoms with Crippen molar-refractivity contribution < 1.29 is 9.53 Å². The van der Waals surface area contributed by atoms with Gasteiger partial charge in [-0.2, -0.15) is 0 Å². The maximum Gasteiger partial charge on any atom is 0.221 e. The summed E-state index contributed by atoms with van der Waals surface area (Å²) in [7, 11) is 0. The average Bonchev–Trinajstić information content (AvgIpc) is 3.17. The Bertz CT molecular complexity index is 900. The van der Waals surface area contributed by atoms with Gasteiger partial charge in [-0.05, 0) is 23.1 Å². The Kier molecular flexibility index (Phi) is 6.04. The van der Waals surface area contributed by atoms with Crippen LogP contribution in [0, 0.1) is 0 Å². The first-order valence-electron chi connectivity index (χ1n) is 9.98. The highest BCUT2D eigenvalue weighted by Crippen LogP contribution is 2.21. The van der Waals surface area contributed by atoms with Crippen molar-refractivity contribution in [1.29, 1.82) is 0 Å². The number of carbonyl (C=O) groups is 1. The van der Waals surface area contributed by atoms with E-state index in [4.69, 9.17) is 4.74 Å². The zero-order valence-corrected chi connectivity index (χ0v) is 16.1. The molecule has 1 saturated heterocycles. The summed E-state index contributed by atoms with van der Waals surface area (Å²) in [5.41, 5.74) is 2.41. The molecule has 1 aliphatic heterocycles. The van der Waals surface area contributed by atoms with Crippen LogP contribution in [0.4, 0.5) is 0 Å². The first-order valence-corrected chi connectivity index (χ1v) is 9.98. The van der Waals surface area contributed by atoms with Gasteiger partial charge in [0.1, 0.15) is 0 Å². The smallest absolute Gasteiger partial charge is 0.221 e. The van der Waals surface area contributed by atoms with Crippen LogP contribution >= 0.6 is 0 Å². The molecule has 1 aromatic heterocycles. The molecule has 2 heterocycles. The van der Waals surface area contributed by atoms with Gasteiger partial charge in [0.2, 0.25) is 5.91 Å². The molecule has 0 bridgehead atoms. The highest BCUT2D eigenvalue weighted by molar-refractivity contribution is 5.80. The van der Waals surface area contributed by atoms with Crippen molar-refractivity contribution >= 4 is 16.8 Å². The number of aromatic nitrogens is 1. The first kappa shape index (κ1) is 18.7. The number of rotatable bonds is 7. The van der Waals surface area contributed by atoms with E-state index in [1.165, 1.54) is 16.5 Å². The van der Waals surface area contributed by atoms with E-state index in [-0.39, 0.29) is 11.9 Å². The number of nitrogens with one attached hydrogen (secondary N) is 1. The van der Waals surface area contributed by atoms with Crippen LogP contribution in [0.2, 0.25) is 0 Å². The molecule has 1 atom stereocenters. The lowest BCUT2D eigenvalue weighted by molar-refractivity contribution is -0.121. The maximum atomic E-state index is 12.5. The van der Waals surface area contributed by atoms with E-state index in [2.05, 4.69) is 63.4 Å². The van der Waals surface area contributed by atoms with Crippen LogP contribution in [0.25, 0.3) is 10.9 Å². The van der Waals surface area contributed by atoms with Gasteiger partial charge in [0.25, 0.3) is 0 Å². The molecule has 1 amide bonds. The fourth-order valence-electron chi connectivity index (χ4n) is 3.88. The van der Waals surface area contributed by atoms with Gasteiger partial charge in [-0.1, -0.05) is 48.5 Å². The Balaban J connectivity index is 1.36. The number of nitrogens with zero attached hydrogens (tertiary/aromatic N) is 2. The predicted molar refractivity (Wildman–Crippen MR) is 111 cm³/mol. The summed E-state index contributed by atoms with van der Waals surface area (Å²) in [6.07, 6.45) is 2.53. The number of hydrogen-bond acceptors (Lipinski definition) is 3. The number of benzene rings is 2. The molecule has 0 spiro atoms. The third-order valence-corrected chi connectivity index (χ3v) is 5.42.